The van der Waals surface area contributed by atoms with E-state index in [1.165, 1.54) is 12.1 Å². The molecule has 8 aromatic heterocycles. The lowest BCUT2D eigenvalue weighted by atomic mass is 10.0. The van der Waals surface area contributed by atoms with Gasteiger partial charge in [0, 0.05) is 163 Å². The van der Waals surface area contributed by atoms with Crippen LogP contribution >= 0.6 is 0 Å². The van der Waals surface area contributed by atoms with Crippen LogP contribution in [0.3, 0.4) is 0 Å². The van der Waals surface area contributed by atoms with Crippen molar-refractivity contribution in [2.45, 2.75) is 148 Å². The third-order valence-electron chi connectivity index (χ3n) is 24.0. The molecule has 43 heteroatoms. The van der Waals surface area contributed by atoms with Crippen molar-refractivity contribution in [2.24, 2.45) is 17.2 Å². The highest BCUT2D eigenvalue weighted by atomic mass is 19.4. The molecule has 0 aliphatic carbocycles. The number of hydrogen-bond acceptors (Lipinski definition) is 33. The van der Waals surface area contributed by atoms with Gasteiger partial charge in [0.25, 0.3) is 0 Å². The standard InChI is InChI=1S/C27H39N5O4.C25H36N6O5.C24H30F3N5O3.C23H28F3N5O4/c1-17(2)32-27-26(18(3)30-32)25(31(5)20-7-9-35-10-8-20)14-24(29-27)19-11-22(34-6)13-23(12-19)36-16-21(33)15-28-4;1-16(2)31-25-22(13-28-31)24(30-3-5-34-6-4-30)10-23(29-25)17-7-20(35-14-18(32)11-26)9-21(8-17)36-15-19(33)12-27;1-15(2)32-23-20(13-29-32)22(31-4-6-34-7-5-31)11-21(30-23)16-8-17(24(25,26)27)10-19(9-16)35-14-18(33)12-28-3;1-14(2)31-22-19(12-28-31)21(30-3-5-33-6-4-30)10-20(29-22)15-7-17(34-13-16(32)11-27)9-18(8-15)35-23(24,25)26/h11-14,17,20-21,28,33H,7-10,15-16H2,1-6H3;7-10,13,16,18-19,32-33H,3-6,11-12,14-15,26-27H2,1-2H3;8-11,13,15,18,28,33H,4-7,12,14H2,1-3H3;7-10,12,14,16,32H,3-6,11,13,27H2,1-2H3/t;18-,19-;;/m.1../s1. The number of aryl methyl sites for hydroxylation is 1. The summed E-state index contributed by atoms with van der Waals surface area (Å²) >= 11 is 0. The van der Waals surface area contributed by atoms with E-state index in [4.69, 9.17) is 89.6 Å². The number of aliphatic hydroxyl groups is 5. The van der Waals surface area contributed by atoms with Crippen LogP contribution in [0.1, 0.15) is 104 Å². The predicted molar refractivity (Wildman–Crippen MR) is 530 cm³/mol. The van der Waals surface area contributed by atoms with Gasteiger partial charge in [-0.2, -0.15) is 33.6 Å². The Morgan fingerprint density at radius 3 is 1.08 bits per heavy atom. The quantitative estimate of drug-likeness (QED) is 0.0162. The molecule has 0 bridgehead atoms. The van der Waals surface area contributed by atoms with Crippen LogP contribution in [0.5, 0.6) is 40.2 Å². The fourth-order valence-corrected chi connectivity index (χ4v) is 16.7. The lowest BCUT2D eigenvalue weighted by molar-refractivity contribution is -0.274. The maximum Gasteiger partial charge on any atom is 0.573 e. The van der Waals surface area contributed by atoms with Crippen LogP contribution in [0.4, 0.5) is 49.1 Å². The molecule has 0 saturated carbocycles. The normalized spacial score (nSPS) is 15.7. The summed E-state index contributed by atoms with van der Waals surface area (Å²) in [5, 5.41) is 77.4. The summed E-state index contributed by atoms with van der Waals surface area (Å²) in [5.74, 6) is 1.90. The molecule has 16 rings (SSSR count). The Morgan fingerprint density at radius 2 is 0.732 bits per heavy atom. The maximum absolute atomic E-state index is 13.8. The number of nitrogens with two attached hydrogens (primary N) is 3. The predicted octanol–water partition coefficient (Wildman–Crippen LogP) is 11.1. The van der Waals surface area contributed by atoms with Gasteiger partial charge in [-0.3, -0.25) is 0 Å². The number of alkyl halides is 6. The summed E-state index contributed by atoms with van der Waals surface area (Å²) in [6, 6.07) is 27.1. The van der Waals surface area contributed by atoms with Gasteiger partial charge < -0.3 is 125 Å². The van der Waals surface area contributed by atoms with Crippen molar-refractivity contribution in [3.8, 4) is 85.3 Å². The van der Waals surface area contributed by atoms with Crippen LogP contribution in [-0.2, 0) is 25.1 Å². The Labute approximate surface area is 820 Å². The molecule has 0 amide bonds. The van der Waals surface area contributed by atoms with Crippen molar-refractivity contribution in [3.05, 3.63) is 127 Å². The Kier molecular flexibility index (Phi) is 37.4. The minimum Gasteiger partial charge on any atom is -0.497 e. The number of morpholine rings is 3. The van der Waals surface area contributed by atoms with E-state index in [1.807, 2.05) is 85.7 Å². The molecule has 4 aliphatic heterocycles. The summed E-state index contributed by atoms with van der Waals surface area (Å²) in [6.45, 7) is 28.4. The number of benzene rings is 4. The van der Waals surface area contributed by atoms with E-state index < -0.39 is 54.4 Å². The molecule has 37 nitrogen and oxygen atoms in total. The van der Waals surface area contributed by atoms with Crippen LogP contribution in [0.25, 0.3) is 89.2 Å². The van der Waals surface area contributed by atoms with Gasteiger partial charge in [-0.1, -0.05) is 0 Å². The number of aliphatic hydroxyl groups excluding tert-OH is 5. The number of nitrogens with zero attached hydrogens (tertiary/aromatic N) is 16. The fourth-order valence-electron chi connectivity index (χ4n) is 16.7. The van der Waals surface area contributed by atoms with E-state index in [0.29, 0.717) is 130 Å². The van der Waals surface area contributed by atoms with Crippen molar-refractivity contribution < 1.29 is 104 Å². The van der Waals surface area contributed by atoms with Gasteiger partial charge in [0.1, 0.15) is 104 Å². The smallest absolute Gasteiger partial charge is 0.497 e. The SMILES string of the molecule is CC(C)n1ncc2c(N3CCOCC3)cc(-c3cc(OCC(O)CN)cc(OC(F)(F)F)c3)nc21.CC(C)n1ncc2c(N3CCOCC3)cc(-c3cc(OC[C@H](O)CN)cc(OC[C@H](O)CN)c3)nc21.CNCC(O)COc1cc(-c2cc(N3CCOCC3)c3cnn(C(C)C)c3n2)cc(C(F)(F)F)c1.CNCC(O)COc1cc(OC)cc(-c2cc(N(C)C3CCOCC3)c3c(C)nn(C(C)C)c3n2)c1. The van der Waals surface area contributed by atoms with Gasteiger partial charge in [-0.05, 0) is 168 Å². The first kappa shape index (κ1) is 107. The lowest BCUT2D eigenvalue weighted by Gasteiger charge is -2.33. The molecular formula is C99H133F6N21O16. The third-order valence-corrected chi connectivity index (χ3v) is 24.0. The third kappa shape index (κ3) is 27.8. The van der Waals surface area contributed by atoms with Crippen LogP contribution < -0.4 is 80.6 Å². The first-order valence-electron chi connectivity index (χ1n) is 47.8. The number of pyridine rings is 4. The number of likely N-dealkylation sites (N-methyl/N-ethyl adjacent to an activating group) is 2. The van der Waals surface area contributed by atoms with Crippen LogP contribution in [-0.4, -0.2) is 314 Å². The van der Waals surface area contributed by atoms with Gasteiger partial charge in [0.2, 0.25) is 0 Å². The summed E-state index contributed by atoms with van der Waals surface area (Å²) in [7, 11) is 7.26. The average Bonchev–Trinajstić information content (AvgIpc) is 1.69. The number of ether oxygens (including phenoxy) is 11. The molecule has 4 aromatic carbocycles. The van der Waals surface area contributed by atoms with Crippen LogP contribution in [0.2, 0.25) is 0 Å². The highest BCUT2D eigenvalue weighted by molar-refractivity contribution is 5.97. The zero-order valence-electron chi connectivity index (χ0n) is 82.5. The molecule has 142 heavy (non-hydrogen) atoms. The second kappa shape index (κ2) is 49.4. The van der Waals surface area contributed by atoms with Crippen molar-refractivity contribution in [2.75, 3.05) is 206 Å². The van der Waals surface area contributed by atoms with Gasteiger partial charge in [0.05, 0.1) is 144 Å². The molecule has 4 fully saturated rings. The Balaban J connectivity index is 0.000000159. The van der Waals surface area contributed by atoms with Crippen molar-refractivity contribution >= 4 is 66.9 Å². The minimum absolute atomic E-state index is 0.0113. The van der Waals surface area contributed by atoms with E-state index in [1.54, 1.807) is 61.2 Å². The van der Waals surface area contributed by atoms with Gasteiger partial charge in [0.15, 0.2) is 22.6 Å². The largest absolute Gasteiger partial charge is 0.573 e. The van der Waals surface area contributed by atoms with Gasteiger partial charge in [-0.15, -0.1) is 13.2 Å². The Hall–Kier alpha value is -11.8. The molecule has 0 radical (unpaired) electrons. The van der Waals surface area contributed by atoms with Crippen molar-refractivity contribution in [3.63, 3.8) is 0 Å². The average molecular weight is 1990 g/mol. The van der Waals surface area contributed by atoms with Gasteiger partial charge >= 0.3 is 12.5 Å². The van der Waals surface area contributed by atoms with E-state index in [9.17, 15) is 51.9 Å². The number of aromatic nitrogens is 12. The first-order chi connectivity index (χ1) is 68.0. The molecule has 12 heterocycles. The zero-order chi connectivity index (χ0) is 102. The number of methoxy groups -OCH3 is 1. The fraction of sp³-hybridized carbons (Fsp3) is 0.515. The molecule has 13 N–H and O–H groups in total. The van der Waals surface area contributed by atoms with Crippen molar-refractivity contribution in [1.82, 2.24) is 69.7 Å². The number of rotatable bonds is 37. The molecule has 3 unspecified atom stereocenters. The van der Waals surface area contributed by atoms with E-state index in [2.05, 4.69) is 98.0 Å². The summed E-state index contributed by atoms with van der Waals surface area (Å²) < 4.78 is 148. The number of hydrogen-bond donors (Lipinski definition) is 10. The number of anilines is 4. The second-order valence-corrected chi connectivity index (χ2v) is 36.2. The highest BCUT2D eigenvalue weighted by Crippen LogP contribution is 2.44. The highest BCUT2D eigenvalue weighted by Gasteiger charge is 2.36. The Morgan fingerprint density at radius 1 is 0.415 bits per heavy atom. The molecule has 772 valence electrons. The van der Waals surface area contributed by atoms with E-state index >= 15 is 0 Å². The molecule has 0 spiro atoms. The summed E-state index contributed by atoms with van der Waals surface area (Å²) in [5.41, 5.74) is 27.9. The topological polar surface area (TPSA) is 441 Å². The monoisotopic (exact) mass is 1990 g/mol. The zero-order valence-corrected chi connectivity index (χ0v) is 82.5. The summed E-state index contributed by atoms with van der Waals surface area (Å²) in [6.07, 6.45) is -6.14. The number of nitrogens with one attached hydrogen (secondary N) is 2. The minimum atomic E-state index is -4.89. The molecule has 12 aromatic rings. The molecule has 4 aliphatic rings. The number of fused-ring (bicyclic) bond motifs is 4. The van der Waals surface area contributed by atoms with Crippen molar-refractivity contribution in [1.29, 1.82) is 0 Å². The van der Waals surface area contributed by atoms with E-state index in [-0.39, 0.29) is 100 Å². The maximum atomic E-state index is 13.8. The molecule has 5 atom stereocenters. The Bertz CT molecular complexity index is 6070. The van der Waals surface area contributed by atoms with Crippen LogP contribution in [0, 0.1) is 6.92 Å². The van der Waals surface area contributed by atoms with Gasteiger partial charge in [-0.25, -0.2) is 38.7 Å². The van der Waals surface area contributed by atoms with E-state index in [0.717, 1.165) is 141 Å². The molecular weight excluding hydrogens is 1850 g/mol. The summed E-state index contributed by atoms with van der Waals surface area (Å²) in [4.78, 5) is 28.5. The first-order valence-corrected chi connectivity index (χ1v) is 47.8. The molecule has 4 saturated heterocycles. The number of halogens is 6. The second-order valence-electron chi connectivity index (χ2n) is 36.2. The van der Waals surface area contributed by atoms with Crippen LogP contribution in [0.15, 0.2) is 116 Å². The lowest BCUT2D eigenvalue weighted by Crippen LogP contribution is -2.36.